The molecule has 138 valence electrons. The van der Waals surface area contributed by atoms with Crippen LogP contribution in [0.5, 0.6) is 5.75 Å². The highest BCUT2D eigenvalue weighted by atomic mass is 32.2. The van der Waals surface area contributed by atoms with Gasteiger partial charge in [-0.25, -0.2) is 9.78 Å². The molecule has 2 heterocycles. The van der Waals surface area contributed by atoms with Crippen LogP contribution in [-0.2, 0) is 9.59 Å². The number of aliphatic carboxylic acids is 1. The second-order valence-electron chi connectivity index (χ2n) is 5.28. The zero-order valence-corrected chi connectivity index (χ0v) is 15.7. The molecule has 0 saturated carbocycles. The number of amides is 1. The van der Waals surface area contributed by atoms with Crippen LogP contribution in [0.1, 0.15) is 5.56 Å². The summed E-state index contributed by atoms with van der Waals surface area (Å²) >= 11 is 2.67. The summed E-state index contributed by atoms with van der Waals surface area (Å²) in [5.41, 5.74) is 0.794. The lowest BCUT2D eigenvalue weighted by molar-refractivity contribution is -0.139. The predicted octanol–water partition coefficient (Wildman–Crippen LogP) is 3.40. The highest BCUT2D eigenvalue weighted by Crippen LogP contribution is 2.34. The van der Waals surface area contributed by atoms with Gasteiger partial charge in [-0.05, 0) is 35.5 Å². The van der Waals surface area contributed by atoms with E-state index in [0.29, 0.717) is 27.5 Å². The van der Waals surface area contributed by atoms with Crippen LogP contribution in [-0.4, -0.2) is 45.2 Å². The number of thioether (sulfide) groups is 1. The van der Waals surface area contributed by atoms with Crippen molar-refractivity contribution in [1.29, 1.82) is 0 Å². The molecule has 0 unspecified atom stereocenters. The lowest BCUT2D eigenvalue weighted by Crippen LogP contribution is -2.29. The van der Waals surface area contributed by atoms with Crippen molar-refractivity contribution < 1.29 is 19.4 Å². The Morgan fingerprint density at radius 2 is 2.15 bits per heavy atom. The second-order valence-corrected chi connectivity index (χ2v) is 7.16. The van der Waals surface area contributed by atoms with Crippen LogP contribution in [0.3, 0.4) is 0 Å². The minimum atomic E-state index is -1.04. The number of nitrogens with zero attached hydrogens (tertiary/aromatic N) is 3. The quantitative estimate of drug-likeness (QED) is 0.565. The minimum Gasteiger partial charge on any atom is -0.482 e. The summed E-state index contributed by atoms with van der Waals surface area (Å²) in [7, 11) is 0. The number of benzene rings is 1. The Bertz CT molecular complexity index is 905. The first-order chi connectivity index (χ1) is 13.1. The van der Waals surface area contributed by atoms with Gasteiger partial charge in [-0.3, -0.25) is 9.69 Å². The van der Waals surface area contributed by atoms with Gasteiger partial charge in [-0.15, -0.1) is 17.9 Å². The third-order valence-electron chi connectivity index (χ3n) is 3.35. The summed E-state index contributed by atoms with van der Waals surface area (Å²) in [5, 5.41) is 11.6. The van der Waals surface area contributed by atoms with E-state index in [4.69, 9.17) is 9.84 Å². The largest absolute Gasteiger partial charge is 0.482 e. The van der Waals surface area contributed by atoms with Gasteiger partial charge in [0.15, 0.2) is 11.8 Å². The molecule has 9 heteroatoms. The molecular formula is C18H15N3O4S2. The molecule has 1 aliphatic rings. The summed E-state index contributed by atoms with van der Waals surface area (Å²) in [4.78, 5) is 33.9. The Morgan fingerprint density at radius 1 is 1.37 bits per heavy atom. The number of carboxylic acid groups (broad SMARTS) is 1. The Labute approximate surface area is 163 Å². The molecule has 1 saturated heterocycles. The summed E-state index contributed by atoms with van der Waals surface area (Å²) in [6, 6.07) is 6.83. The number of hydrogen-bond acceptors (Lipinski definition) is 7. The van der Waals surface area contributed by atoms with Crippen molar-refractivity contribution in [2.45, 2.75) is 0 Å². The van der Waals surface area contributed by atoms with E-state index in [2.05, 4.69) is 16.6 Å². The van der Waals surface area contributed by atoms with E-state index in [9.17, 15) is 9.59 Å². The highest BCUT2D eigenvalue weighted by Gasteiger charge is 2.32. The fraction of sp³-hybridized carbons (Fsp3) is 0.111. The predicted molar refractivity (Wildman–Crippen MR) is 106 cm³/mol. The van der Waals surface area contributed by atoms with Gasteiger partial charge in [0.25, 0.3) is 5.91 Å². The third-order valence-corrected chi connectivity index (χ3v) is 5.02. The number of rotatable bonds is 7. The zero-order chi connectivity index (χ0) is 19.2. The van der Waals surface area contributed by atoms with E-state index in [1.54, 1.807) is 47.5 Å². The summed E-state index contributed by atoms with van der Waals surface area (Å²) < 4.78 is 5.10. The third kappa shape index (κ3) is 4.83. The lowest BCUT2D eigenvalue weighted by Gasteiger charge is -2.11. The molecule has 1 fully saturated rings. The van der Waals surface area contributed by atoms with Crippen LogP contribution in [0.15, 0.2) is 58.4 Å². The Balaban J connectivity index is 1.80. The number of carboxylic acids is 1. The van der Waals surface area contributed by atoms with Gasteiger partial charge in [0.1, 0.15) is 5.75 Å². The van der Waals surface area contributed by atoms with Gasteiger partial charge in [-0.2, -0.15) is 4.99 Å². The Kier molecular flexibility index (Phi) is 6.05. The molecular weight excluding hydrogens is 386 g/mol. The average molecular weight is 401 g/mol. The first kappa shape index (κ1) is 18.9. The normalized spacial score (nSPS) is 16.9. The minimum absolute atomic E-state index is 0.151. The lowest BCUT2D eigenvalue weighted by atomic mass is 10.2. The van der Waals surface area contributed by atoms with Gasteiger partial charge in [0.2, 0.25) is 5.13 Å². The topological polar surface area (TPSA) is 92.1 Å². The molecule has 0 bridgehead atoms. The smallest absolute Gasteiger partial charge is 0.341 e. The average Bonchev–Trinajstić information content (AvgIpc) is 3.26. The van der Waals surface area contributed by atoms with E-state index in [0.717, 1.165) is 5.56 Å². The van der Waals surface area contributed by atoms with Crippen LogP contribution in [0.2, 0.25) is 0 Å². The molecule has 0 atom stereocenters. The zero-order valence-electron chi connectivity index (χ0n) is 14.1. The maximum atomic E-state index is 12.7. The first-order valence-corrected chi connectivity index (χ1v) is 9.51. The molecule has 2 aromatic rings. The number of aromatic nitrogens is 1. The van der Waals surface area contributed by atoms with Gasteiger partial charge < -0.3 is 9.84 Å². The number of hydrogen-bond donors (Lipinski definition) is 1. The monoisotopic (exact) mass is 401 g/mol. The maximum Gasteiger partial charge on any atom is 0.341 e. The van der Waals surface area contributed by atoms with E-state index in [-0.39, 0.29) is 5.91 Å². The molecule has 1 aromatic heterocycles. The molecule has 27 heavy (non-hydrogen) atoms. The van der Waals surface area contributed by atoms with Gasteiger partial charge in [0.05, 0.1) is 4.91 Å². The Hall–Kier alpha value is -2.91. The molecule has 0 aliphatic carbocycles. The van der Waals surface area contributed by atoms with Crippen molar-refractivity contribution in [2.75, 3.05) is 13.2 Å². The molecule has 7 nitrogen and oxygen atoms in total. The molecule has 0 radical (unpaired) electrons. The van der Waals surface area contributed by atoms with Gasteiger partial charge >= 0.3 is 5.97 Å². The summed E-state index contributed by atoms with van der Waals surface area (Å²) in [5.74, 6) is -0.742. The molecule has 1 amide bonds. The number of amidine groups is 1. The van der Waals surface area contributed by atoms with Crippen molar-refractivity contribution in [3.63, 3.8) is 0 Å². The number of carbonyl (C=O) groups excluding carboxylic acids is 1. The van der Waals surface area contributed by atoms with Gasteiger partial charge in [-0.1, -0.05) is 18.2 Å². The van der Waals surface area contributed by atoms with Crippen LogP contribution in [0.25, 0.3) is 6.08 Å². The molecule has 0 spiro atoms. The van der Waals surface area contributed by atoms with Crippen LogP contribution < -0.4 is 4.74 Å². The second kappa shape index (κ2) is 8.65. The number of carbonyl (C=O) groups is 2. The fourth-order valence-corrected chi connectivity index (χ4v) is 3.74. The SMILES string of the molecule is C=CCN1C(=O)/C(=C\c2ccc(OCC(=O)O)cc2)S/C1=N\c1nccs1. The van der Waals surface area contributed by atoms with Gasteiger partial charge in [0, 0.05) is 18.1 Å². The summed E-state index contributed by atoms with van der Waals surface area (Å²) in [6.07, 6.45) is 5.07. The highest BCUT2D eigenvalue weighted by molar-refractivity contribution is 8.18. The van der Waals surface area contributed by atoms with Crippen LogP contribution in [0.4, 0.5) is 5.13 Å². The Morgan fingerprint density at radius 3 is 2.78 bits per heavy atom. The molecule has 1 N–H and O–H groups in total. The standard InChI is InChI=1S/C18H15N3O4S2/c1-2-8-21-16(24)14(27-18(21)20-17-19-7-9-26-17)10-12-3-5-13(6-4-12)25-11-15(22)23/h2-7,9-10H,1,8,11H2,(H,22,23)/b14-10+,20-18-. The maximum absolute atomic E-state index is 12.7. The molecule has 1 aromatic carbocycles. The van der Waals surface area contributed by atoms with Crippen LogP contribution in [0, 0.1) is 0 Å². The van der Waals surface area contributed by atoms with Crippen LogP contribution >= 0.6 is 23.1 Å². The number of aliphatic imine (C=N–C) groups is 1. The van der Waals surface area contributed by atoms with Crippen molar-refractivity contribution in [3.8, 4) is 5.75 Å². The van der Waals surface area contributed by atoms with E-state index in [1.807, 2.05) is 5.38 Å². The van der Waals surface area contributed by atoms with E-state index in [1.165, 1.54) is 23.1 Å². The molecule has 3 rings (SSSR count). The van der Waals surface area contributed by atoms with Crippen molar-refractivity contribution in [3.05, 3.63) is 59.0 Å². The fourth-order valence-electron chi connectivity index (χ4n) is 2.19. The number of thiazole rings is 1. The number of ether oxygens (including phenoxy) is 1. The van der Waals surface area contributed by atoms with E-state index >= 15 is 0 Å². The first-order valence-electron chi connectivity index (χ1n) is 7.82. The van der Waals surface area contributed by atoms with Crippen molar-refractivity contribution in [1.82, 2.24) is 9.88 Å². The molecule has 1 aliphatic heterocycles. The summed E-state index contributed by atoms with van der Waals surface area (Å²) in [6.45, 7) is 3.65. The van der Waals surface area contributed by atoms with Crippen molar-refractivity contribution in [2.24, 2.45) is 4.99 Å². The van der Waals surface area contributed by atoms with Crippen molar-refractivity contribution >= 4 is 51.4 Å². The van der Waals surface area contributed by atoms with E-state index < -0.39 is 12.6 Å².